The molecule has 13 heavy (non-hydrogen) atoms. The quantitative estimate of drug-likeness (QED) is 0.618. The van der Waals surface area contributed by atoms with E-state index in [1.54, 1.807) is 6.08 Å². The van der Waals surface area contributed by atoms with Crippen LogP contribution < -0.4 is 0 Å². The Balaban J connectivity index is 3.01. The standard InChI is InChI=1S/C11H17NO/c1-8-7-12(11(3,4)5)9(2)6-10(8)13/h6-7,13H,2H2,1,3-5H3. The molecule has 1 N–H and O–H groups in total. The van der Waals surface area contributed by atoms with Crippen LogP contribution >= 0.6 is 0 Å². The van der Waals surface area contributed by atoms with E-state index in [0.717, 1.165) is 11.3 Å². The highest BCUT2D eigenvalue weighted by Crippen LogP contribution is 2.27. The van der Waals surface area contributed by atoms with Crippen molar-refractivity contribution in [2.45, 2.75) is 33.2 Å². The molecule has 1 aliphatic rings. The molecule has 0 aromatic heterocycles. The van der Waals surface area contributed by atoms with Crippen LogP contribution in [0, 0.1) is 0 Å². The van der Waals surface area contributed by atoms with Crippen LogP contribution in [0.5, 0.6) is 0 Å². The molecule has 0 unspecified atom stereocenters. The summed E-state index contributed by atoms with van der Waals surface area (Å²) in [6.07, 6.45) is 3.62. The van der Waals surface area contributed by atoms with E-state index in [1.807, 2.05) is 13.1 Å². The molecular weight excluding hydrogens is 162 g/mol. The summed E-state index contributed by atoms with van der Waals surface area (Å²) in [5, 5.41) is 9.44. The minimum atomic E-state index is 0.00947. The number of hydrogen-bond donors (Lipinski definition) is 1. The van der Waals surface area contributed by atoms with Gasteiger partial charge in [0.15, 0.2) is 0 Å². The number of aliphatic hydroxyl groups is 1. The minimum absolute atomic E-state index is 0.00947. The molecule has 0 amide bonds. The van der Waals surface area contributed by atoms with Gasteiger partial charge in [0.05, 0.1) is 0 Å². The number of hydrogen-bond acceptors (Lipinski definition) is 2. The first kappa shape index (κ1) is 9.90. The number of nitrogens with zero attached hydrogens (tertiary/aromatic N) is 1. The van der Waals surface area contributed by atoms with Crippen molar-refractivity contribution in [1.29, 1.82) is 0 Å². The van der Waals surface area contributed by atoms with Crippen LogP contribution in [0.4, 0.5) is 0 Å². The van der Waals surface area contributed by atoms with Gasteiger partial charge in [-0.2, -0.15) is 0 Å². The van der Waals surface area contributed by atoms with Crippen LogP contribution in [0.15, 0.2) is 35.9 Å². The van der Waals surface area contributed by atoms with Crippen LogP contribution in [0.25, 0.3) is 0 Å². The topological polar surface area (TPSA) is 23.5 Å². The number of aliphatic hydroxyl groups excluding tert-OH is 1. The predicted octanol–water partition coefficient (Wildman–Crippen LogP) is 2.96. The van der Waals surface area contributed by atoms with Gasteiger partial charge >= 0.3 is 0 Å². The molecule has 0 saturated carbocycles. The SMILES string of the molecule is C=C1C=C(O)C(C)=CN1C(C)(C)C. The first-order valence-corrected chi connectivity index (χ1v) is 4.40. The highest BCUT2D eigenvalue weighted by Gasteiger charge is 2.23. The Hall–Kier alpha value is -1.18. The molecule has 0 aromatic carbocycles. The lowest BCUT2D eigenvalue weighted by molar-refractivity contribution is 0.256. The molecule has 0 saturated heterocycles. The second-order valence-corrected chi connectivity index (χ2v) is 4.37. The maximum Gasteiger partial charge on any atom is 0.121 e. The second kappa shape index (κ2) is 2.95. The Morgan fingerprint density at radius 2 is 1.92 bits per heavy atom. The van der Waals surface area contributed by atoms with Gasteiger partial charge < -0.3 is 10.0 Å². The normalized spacial score (nSPS) is 18.5. The molecule has 1 aliphatic heterocycles. The van der Waals surface area contributed by atoms with Crippen LogP contribution in [-0.2, 0) is 0 Å². The summed E-state index contributed by atoms with van der Waals surface area (Å²) >= 11 is 0. The Morgan fingerprint density at radius 3 is 2.38 bits per heavy atom. The van der Waals surface area contributed by atoms with Crippen LogP contribution in [0.2, 0.25) is 0 Å². The maximum atomic E-state index is 9.44. The molecule has 0 aromatic rings. The number of allylic oxidation sites excluding steroid dienone is 2. The number of rotatable bonds is 0. The van der Waals surface area contributed by atoms with Gasteiger partial charge in [0, 0.05) is 29.1 Å². The van der Waals surface area contributed by atoms with Crippen LogP contribution in [0.3, 0.4) is 0 Å². The fourth-order valence-electron chi connectivity index (χ4n) is 1.31. The molecule has 1 rings (SSSR count). The van der Waals surface area contributed by atoms with Crippen LogP contribution in [-0.4, -0.2) is 15.5 Å². The molecular formula is C11H17NO. The Kier molecular flexibility index (Phi) is 2.24. The monoisotopic (exact) mass is 179 g/mol. The fourth-order valence-corrected chi connectivity index (χ4v) is 1.31. The van der Waals surface area contributed by atoms with Crippen molar-refractivity contribution in [2.24, 2.45) is 0 Å². The van der Waals surface area contributed by atoms with Gasteiger partial charge in [0.1, 0.15) is 5.76 Å². The van der Waals surface area contributed by atoms with Crippen LogP contribution in [0.1, 0.15) is 27.7 Å². The van der Waals surface area contributed by atoms with E-state index in [2.05, 4.69) is 32.3 Å². The molecule has 0 aliphatic carbocycles. The molecule has 0 radical (unpaired) electrons. The molecule has 1 heterocycles. The summed E-state index contributed by atoms with van der Waals surface area (Å²) in [6.45, 7) is 12.1. The summed E-state index contributed by atoms with van der Waals surface area (Å²) < 4.78 is 0. The molecule has 0 spiro atoms. The molecule has 0 bridgehead atoms. The zero-order valence-electron chi connectivity index (χ0n) is 8.76. The summed E-state index contributed by atoms with van der Waals surface area (Å²) in [5.41, 5.74) is 1.72. The Labute approximate surface area is 79.9 Å². The van der Waals surface area contributed by atoms with Crippen molar-refractivity contribution >= 4 is 0 Å². The average molecular weight is 179 g/mol. The third-order valence-electron chi connectivity index (χ3n) is 2.06. The van der Waals surface area contributed by atoms with Crippen molar-refractivity contribution in [1.82, 2.24) is 4.90 Å². The van der Waals surface area contributed by atoms with E-state index in [0.29, 0.717) is 5.76 Å². The first-order valence-electron chi connectivity index (χ1n) is 4.40. The fraction of sp³-hybridized carbons (Fsp3) is 0.455. The van der Waals surface area contributed by atoms with Crippen molar-refractivity contribution < 1.29 is 5.11 Å². The molecule has 0 fully saturated rings. The summed E-state index contributed by atoms with van der Waals surface area (Å²) in [5.74, 6) is 0.311. The van der Waals surface area contributed by atoms with E-state index < -0.39 is 0 Å². The lowest BCUT2D eigenvalue weighted by atomic mass is 10.0. The Morgan fingerprint density at radius 1 is 1.38 bits per heavy atom. The Bertz CT molecular complexity index is 292. The lowest BCUT2D eigenvalue weighted by Gasteiger charge is -2.37. The molecule has 2 nitrogen and oxygen atoms in total. The highest BCUT2D eigenvalue weighted by atomic mass is 16.3. The largest absolute Gasteiger partial charge is 0.508 e. The van der Waals surface area contributed by atoms with E-state index >= 15 is 0 Å². The zero-order valence-corrected chi connectivity index (χ0v) is 8.76. The third kappa shape index (κ3) is 1.94. The van der Waals surface area contributed by atoms with Crippen molar-refractivity contribution in [3.63, 3.8) is 0 Å². The summed E-state index contributed by atoms with van der Waals surface area (Å²) in [6, 6.07) is 0. The second-order valence-electron chi connectivity index (χ2n) is 4.37. The molecule has 0 atom stereocenters. The third-order valence-corrected chi connectivity index (χ3v) is 2.06. The average Bonchev–Trinajstić information content (AvgIpc) is 1.94. The highest BCUT2D eigenvalue weighted by molar-refractivity contribution is 5.36. The lowest BCUT2D eigenvalue weighted by Crippen LogP contribution is -2.37. The van der Waals surface area contributed by atoms with Gasteiger partial charge in [0.2, 0.25) is 0 Å². The van der Waals surface area contributed by atoms with E-state index in [9.17, 15) is 5.11 Å². The van der Waals surface area contributed by atoms with Crippen molar-refractivity contribution in [2.75, 3.05) is 0 Å². The minimum Gasteiger partial charge on any atom is -0.508 e. The van der Waals surface area contributed by atoms with Gasteiger partial charge in [-0.3, -0.25) is 0 Å². The van der Waals surface area contributed by atoms with E-state index in [1.165, 1.54) is 0 Å². The van der Waals surface area contributed by atoms with Crippen molar-refractivity contribution in [3.05, 3.63) is 35.9 Å². The molecule has 2 heteroatoms. The van der Waals surface area contributed by atoms with Gasteiger partial charge in [-0.15, -0.1) is 0 Å². The van der Waals surface area contributed by atoms with Crippen molar-refractivity contribution in [3.8, 4) is 0 Å². The van der Waals surface area contributed by atoms with E-state index in [4.69, 9.17) is 0 Å². The van der Waals surface area contributed by atoms with Gasteiger partial charge in [-0.25, -0.2) is 0 Å². The van der Waals surface area contributed by atoms with Gasteiger partial charge in [-0.05, 0) is 27.7 Å². The molecule has 72 valence electrons. The predicted molar refractivity (Wildman–Crippen MR) is 55.2 cm³/mol. The van der Waals surface area contributed by atoms with Gasteiger partial charge in [0.25, 0.3) is 0 Å². The first-order chi connectivity index (χ1) is 5.82. The van der Waals surface area contributed by atoms with E-state index in [-0.39, 0.29) is 5.54 Å². The summed E-state index contributed by atoms with van der Waals surface area (Å²) in [4.78, 5) is 2.06. The summed E-state index contributed by atoms with van der Waals surface area (Å²) in [7, 11) is 0. The maximum absolute atomic E-state index is 9.44. The van der Waals surface area contributed by atoms with Gasteiger partial charge in [-0.1, -0.05) is 6.58 Å². The zero-order chi connectivity index (χ0) is 10.2. The smallest absolute Gasteiger partial charge is 0.121 e.